The standard InChI is InChI=1S/C14H28N2O/c1-12(7-6-10-15)13(17)16-11-14(2)8-4-3-5-9-14/h12H,3-11,15H2,1-2H3,(H,16,17). The number of nitrogens with two attached hydrogens (primary N) is 1. The van der Waals surface area contributed by atoms with E-state index in [0.717, 1.165) is 19.4 Å². The third-order valence-corrected chi connectivity index (χ3v) is 4.04. The molecule has 0 aromatic carbocycles. The maximum absolute atomic E-state index is 11.9. The topological polar surface area (TPSA) is 55.1 Å². The minimum Gasteiger partial charge on any atom is -0.355 e. The van der Waals surface area contributed by atoms with Crippen molar-refractivity contribution >= 4 is 5.91 Å². The second-order valence-electron chi connectivity index (χ2n) is 5.92. The Kier molecular flexibility index (Phi) is 5.96. The molecule has 1 atom stereocenters. The van der Waals surface area contributed by atoms with E-state index in [1.165, 1.54) is 32.1 Å². The van der Waals surface area contributed by atoms with E-state index in [2.05, 4.69) is 12.2 Å². The first kappa shape index (κ1) is 14.5. The van der Waals surface area contributed by atoms with Gasteiger partial charge >= 0.3 is 0 Å². The van der Waals surface area contributed by atoms with Gasteiger partial charge in [-0.3, -0.25) is 4.79 Å². The first-order valence-electron chi connectivity index (χ1n) is 7.05. The van der Waals surface area contributed by atoms with E-state index in [4.69, 9.17) is 5.73 Å². The van der Waals surface area contributed by atoms with Gasteiger partial charge in [0.05, 0.1) is 0 Å². The largest absolute Gasteiger partial charge is 0.355 e. The Balaban J connectivity index is 2.26. The fourth-order valence-corrected chi connectivity index (χ4v) is 2.61. The molecule has 0 radical (unpaired) electrons. The molecule has 0 bridgehead atoms. The van der Waals surface area contributed by atoms with E-state index >= 15 is 0 Å². The second kappa shape index (κ2) is 7.00. The summed E-state index contributed by atoms with van der Waals surface area (Å²) in [4.78, 5) is 11.9. The van der Waals surface area contributed by atoms with Crippen LogP contribution < -0.4 is 11.1 Å². The van der Waals surface area contributed by atoms with Crippen LogP contribution in [0.15, 0.2) is 0 Å². The first-order chi connectivity index (χ1) is 8.07. The Labute approximate surface area is 106 Å². The molecule has 1 aliphatic rings. The van der Waals surface area contributed by atoms with Crippen LogP contribution in [-0.2, 0) is 4.79 Å². The third kappa shape index (κ3) is 5.07. The van der Waals surface area contributed by atoms with E-state index < -0.39 is 0 Å². The van der Waals surface area contributed by atoms with E-state index in [-0.39, 0.29) is 11.8 Å². The van der Waals surface area contributed by atoms with Crippen LogP contribution >= 0.6 is 0 Å². The normalized spacial score (nSPS) is 20.9. The average molecular weight is 240 g/mol. The molecule has 3 N–H and O–H groups in total. The summed E-state index contributed by atoms with van der Waals surface area (Å²) in [6.07, 6.45) is 8.33. The van der Waals surface area contributed by atoms with Crippen molar-refractivity contribution in [2.75, 3.05) is 13.1 Å². The van der Waals surface area contributed by atoms with Crippen LogP contribution in [0.2, 0.25) is 0 Å². The van der Waals surface area contributed by atoms with Gasteiger partial charge in [0.1, 0.15) is 0 Å². The predicted octanol–water partition coefficient (Wildman–Crippen LogP) is 2.45. The van der Waals surface area contributed by atoms with Crippen molar-refractivity contribution in [3.63, 3.8) is 0 Å². The van der Waals surface area contributed by atoms with Gasteiger partial charge in [0.15, 0.2) is 0 Å². The molecular formula is C14H28N2O. The fraction of sp³-hybridized carbons (Fsp3) is 0.929. The maximum atomic E-state index is 11.9. The zero-order chi connectivity index (χ0) is 12.7. The number of amides is 1. The van der Waals surface area contributed by atoms with Crippen molar-refractivity contribution in [1.82, 2.24) is 5.32 Å². The van der Waals surface area contributed by atoms with Gasteiger partial charge in [-0.15, -0.1) is 0 Å². The van der Waals surface area contributed by atoms with Crippen molar-refractivity contribution in [1.29, 1.82) is 0 Å². The molecule has 1 saturated carbocycles. The molecule has 1 unspecified atom stereocenters. The summed E-state index contributed by atoms with van der Waals surface area (Å²) in [5.74, 6) is 0.302. The van der Waals surface area contributed by atoms with Crippen LogP contribution in [0.4, 0.5) is 0 Å². The smallest absolute Gasteiger partial charge is 0.222 e. The Morgan fingerprint density at radius 3 is 2.59 bits per heavy atom. The molecule has 1 rings (SSSR count). The Morgan fingerprint density at radius 1 is 1.35 bits per heavy atom. The van der Waals surface area contributed by atoms with Gasteiger partial charge in [-0.05, 0) is 37.6 Å². The van der Waals surface area contributed by atoms with Crippen molar-refractivity contribution in [2.45, 2.75) is 58.8 Å². The van der Waals surface area contributed by atoms with Crippen molar-refractivity contribution in [3.05, 3.63) is 0 Å². The lowest BCUT2D eigenvalue weighted by molar-refractivity contribution is -0.125. The van der Waals surface area contributed by atoms with Crippen LogP contribution in [0, 0.1) is 11.3 Å². The lowest BCUT2D eigenvalue weighted by Gasteiger charge is -2.34. The summed E-state index contributed by atoms with van der Waals surface area (Å²) in [5, 5.41) is 3.12. The SMILES string of the molecule is CC(CCCN)C(=O)NCC1(C)CCCCC1. The van der Waals surface area contributed by atoms with Crippen LogP contribution in [0.5, 0.6) is 0 Å². The van der Waals surface area contributed by atoms with Gasteiger partial charge in [-0.2, -0.15) is 0 Å². The first-order valence-corrected chi connectivity index (χ1v) is 7.05. The van der Waals surface area contributed by atoms with Crippen LogP contribution in [-0.4, -0.2) is 19.0 Å². The van der Waals surface area contributed by atoms with Crippen molar-refractivity contribution < 1.29 is 4.79 Å². The van der Waals surface area contributed by atoms with Gasteiger partial charge in [-0.1, -0.05) is 33.1 Å². The lowest BCUT2D eigenvalue weighted by atomic mass is 9.75. The third-order valence-electron chi connectivity index (χ3n) is 4.04. The summed E-state index contributed by atoms with van der Waals surface area (Å²) in [6.45, 7) is 5.82. The molecule has 1 aliphatic carbocycles. The van der Waals surface area contributed by atoms with E-state index in [9.17, 15) is 4.79 Å². The Morgan fingerprint density at radius 2 is 2.00 bits per heavy atom. The Bertz CT molecular complexity index is 234. The quantitative estimate of drug-likeness (QED) is 0.749. The molecular weight excluding hydrogens is 212 g/mol. The van der Waals surface area contributed by atoms with E-state index in [1.807, 2.05) is 6.92 Å². The number of nitrogens with one attached hydrogen (secondary N) is 1. The minimum atomic E-state index is 0.103. The molecule has 0 aromatic heterocycles. The fourth-order valence-electron chi connectivity index (χ4n) is 2.61. The highest BCUT2D eigenvalue weighted by Gasteiger charge is 2.27. The van der Waals surface area contributed by atoms with Gasteiger partial charge in [-0.25, -0.2) is 0 Å². The number of hydrogen-bond donors (Lipinski definition) is 2. The predicted molar refractivity (Wildman–Crippen MR) is 71.7 cm³/mol. The van der Waals surface area contributed by atoms with Gasteiger partial charge < -0.3 is 11.1 Å². The summed E-state index contributed by atoms with van der Waals surface area (Å²) in [6, 6.07) is 0. The Hall–Kier alpha value is -0.570. The minimum absolute atomic E-state index is 0.103. The van der Waals surface area contributed by atoms with Crippen LogP contribution in [0.1, 0.15) is 58.8 Å². The molecule has 0 saturated heterocycles. The van der Waals surface area contributed by atoms with Crippen LogP contribution in [0.25, 0.3) is 0 Å². The highest BCUT2D eigenvalue weighted by molar-refractivity contribution is 5.78. The molecule has 3 heteroatoms. The number of rotatable bonds is 6. The molecule has 1 amide bonds. The second-order valence-corrected chi connectivity index (χ2v) is 5.92. The molecule has 0 aliphatic heterocycles. The monoisotopic (exact) mass is 240 g/mol. The molecule has 17 heavy (non-hydrogen) atoms. The highest BCUT2D eigenvalue weighted by atomic mass is 16.1. The summed E-state index contributed by atoms with van der Waals surface area (Å²) in [5.41, 5.74) is 5.79. The molecule has 3 nitrogen and oxygen atoms in total. The number of carbonyl (C=O) groups is 1. The summed E-state index contributed by atoms with van der Waals surface area (Å²) < 4.78 is 0. The zero-order valence-corrected chi connectivity index (χ0v) is 11.4. The van der Waals surface area contributed by atoms with Crippen molar-refractivity contribution in [3.8, 4) is 0 Å². The number of carbonyl (C=O) groups excluding carboxylic acids is 1. The number of hydrogen-bond acceptors (Lipinski definition) is 2. The van der Waals surface area contributed by atoms with Gasteiger partial charge in [0.2, 0.25) is 5.91 Å². The molecule has 0 spiro atoms. The van der Waals surface area contributed by atoms with Crippen LogP contribution in [0.3, 0.4) is 0 Å². The van der Waals surface area contributed by atoms with Gasteiger partial charge in [0.25, 0.3) is 0 Å². The van der Waals surface area contributed by atoms with Gasteiger partial charge in [0, 0.05) is 12.5 Å². The van der Waals surface area contributed by atoms with Crippen molar-refractivity contribution in [2.24, 2.45) is 17.1 Å². The highest BCUT2D eigenvalue weighted by Crippen LogP contribution is 2.34. The molecule has 0 heterocycles. The summed E-state index contributed by atoms with van der Waals surface area (Å²) in [7, 11) is 0. The lowest BCUT2D eigenvalue weighted by Crippen LogP contribution is -2.39. The zero-order valence-electron chi connectivity index (χ0n) is 11.4. The summed E-state index contributed by atoms with van der Waals surface area (Å²) >= 11 is 0. The average Bonchev–Trinajstić information content (AvgIpc) is 2.34. The molecule has 100 valence electrons. The molecule has 1 fully saturated rings. The maximum Gasteiger partial charge on any atom is 0.222 e. The molecule has 0 aromatic rings. The van der Waals surface area contributed by atoms with E-state index in [0.29, 0.717) is 12.0 Å². The van der Waals surface area contributed by atoms with E-state index in [1.54, 1.807) is 0 Å².